The summed E-state index contributed by atoms with van der Waals surface area (Å²) in [5, 5.41) is 3.19. The molecule has 0 aliphatic carbocycles. The van der Waals surface area contributed by atoms with Crippen LogP contribution >= 0.6 is 0 Å². The number of nitrogens with one attached hydrogen (secondary N) is 1. The van der Waals surface area contributed by atoms with Gasteiger partial charge < -0.3 is 5.32 Å². The van der Waals surface area contributed by atoms with Crippen LogP contribution in [0.1, 0.15) is 24.5 Å². The summed E-state index contributed by atoms with van der Waals surface area (Å²) in [7, 11) is 0. The first kappa shape index (κ1) is 13.5. The zero-order valence-electron chi connectivity index (χ0n) is 10.9. The van der Waals surface area contributed by atoms with Crippen LogP contribution in [0.2, 0.25) is 0 Å². The van der Waals surface area contributed by atoms with Crippen molar-refractivity contribution in [3.63, 3.8) is 0 Å². The van der Waals surface area contributed by atoms with Gasteiger partial charge in [0.15, 0.2) is 11.6 Å². The van der Waals surface area contributed by atoms with Crippen LogP contribution in [0.4, 0.5) is 14.5 Å². The van der Waals surface area contributed by atoms with Crippen molar-refractivity contribution in [1.82, 2.24) is 0 Å². The molecule has 3 heteroatoms. The standard InChI is InChI=1S/C16H17F2N/c1-2-3-12-4-7-14(8-5-12)19-11-13-6-9-15(17)16(18)10-13/h4-10,19H,2-3,11H2,1H3. The number of anilines is 1. The summed E-state index contributed by atoms with van der Waals surface area (Å²) in [5.41, 5.74) is 3.00. The SMILES string of the molecule is CCCc1ccc(NCc2ccc(F)c(F)c2)cc1. The third-order valence-electron chi connectivity index (χ3n) is 2.97. The first-order valence-corrected chi connectivity index (χ1v) is 6.46. The van der Waals surface area contributed by atoms with Crippen LogP contribution in [-0.2, 0) is 13.0 Å². The zero-order chi connectivity index (χ0) is 13.7. The highest BCUT2D eigenvalue weighted by Gasteiger charge is 2.02. The number of rotatable bonds is 5. The highest BCUT2D eigenvalue weighted by molar-refractivity contribution is 5.45. The molecule has 0 spiro atoms. The molecule has 0 unspecified atom stereocenters. The van der Waals surface area contributed by atoms with E-state index in [2.05, 4.69) is 24.4 Å². The van der Waals surface area contributed by atoms with Crippen molar-refractivity contribution in [2.45, 2.75) is 26.3 Å². The highest BCUT2D eigenvalue weighted by Crippen LogP contribution is 2.14. The van der Waals surface area contributed by atoms with E-state index >= 15 is 0 Å². The van der Waals surface area contributed by atoms with Gasteiger partial charge in [-0.2, -0.15) is 0 Å². The van der Waals surface area contributed by atoms with Gasteiger partial charge in [0.1, 0.15) is 0 Å². The largest absolute Gasteiger partial charge is 0.381 e. The van der Waals surface area contributed by atoms with Crippen molar-refractivity contribution in [3.05, 3.63) is 65.2 Å². The van der Waals surface area contributed by atoms with Crippen molar-refractivity contribution in [1.29, 1.82) is 0 Å². The van der Waals surface area contributed by atoms with E-state index in [1.807, 2.05) is 12.1 Å². The Morgan fingerprint density at radius 1 is 0.895 bits per heavy atom. The Bertz CT molecular complexity index is 535. The molecule has 0 saturated heterocycles. The van der Waals surface area contributed by atoms with Crippen LogP contribution in [0.3, 0.4) is 0 Å². The van der Waals surface area contributed by atoms with Gasteiger partial charge in [-0.3, -0.25) is 0 Å². The molecule has 0 radical (unpaired) electrons. The summed E-state index contributed by atoms with van der Waals surface area (Å²) in [6.07, 6.45) is 2.20. The van der Waals surface area contributed by atoms with Crippen molar-refractivity contribution >= 4 is 5.69 Å². The molecule has 0 fully saturated rings. The summed E-state index contributed by atoms with van der Waals surface area (Å²) in [6, 6.07) is 12.1. The second kappa shape index (κ2) is 6.32. The summed E-state index contributed by atoms with van der Waals surface area (Å²) in [4.78, 5) is 0. The average molecular weight is 261 g/mol. The van der Waals surface area contributed by atoms with Crippen molar-refractivity contribution < 1.29 is 8.78 Å². The fourth-order valence-electron chi connectivity index (χ4n) is 1.93. The third kappa shape index (κ3) is 3.78. The zero-order valence-corrected chi connectivity index (χ0v) is 10.9. The van der Waals surface area contributed by atoms with Crippen molar-refractivity contribution in [2.24, 2.45) is 0 Å². The molecular weight excluding hydrogens is 244 g/mol. The lowest BCUT2D eigenvalue weighted by atomic mass is 10.1. The van der Waals surface area contributed by atoms with Gasteiger partial charge in [0.2, 0.25) is 0 Å². The van der Waals surface area contributed by atoms with Crippen molar-refractivity contribution in [3.8, 4) is 0 Å². The number of halogens is 2. The highest BCUT2D eigenvalue weighted by atomic mass is 19.2. The smallest absolute Gasteiger partial charge is 0.159 e. The lowest BCUT2D eigenvalue weighted by molar-refractivity contribution is 0.507. The van der Waals surface area contributed by atoms with Crippen LogP contribution in [0.25, 0.3) is 0 Å². The Kier molecular flexibility index (Phi) is 4.50. The van der Waals surface area contributed by atoms with Crippen LogP contribution in [0.15, 0.2) is 42.5 Å². The van der Waals surface area contributed by atoms with Gasteiger partial charge in [-0.05, 0) is 41.8 Å². The normalized spacial score (nSPS) is 10.5. The van der Waals surface area contributed by atoms with Crippen LogP contribution in [-0.4, -0.2) is 0 Å². The summed E-state index contributed by atoms with van der Waals surface area (Å²) < 4.78 is 25.8. The van der Waals surface area contributed by atoms with Crippen LogP contribution in [0.5, 0.6) is 0 Å². The van der Waals surface area contributed by atoms with Crippen LogP contribution < -0.4 is 5.32 Å². The fraction of sp³-hybridized carbons (Fsp3) is 0.250. The summed E-state index contributed by atoms with van der Waals surface area (Å²) in [5.74, 6) is -1.62. The van der Waals surface area contributed by atoms with Gasteiger partial charge in [-0.25, -0.2) is 8.78 Å². The minimum absolute atomic E-state index is 0.477. The Morgan fingerprint density at radius 3 is 2.21 bits per heavy atom. The second-order valence-corrected chi connectivity index (χ2v) is 4.55. The molecule has 1 N–H and O–H groups in total. The molecule has 0 saturated carbocycles. The first-order valence-electron chi connectivity index (χ1n) is 6.46. The molecule has 0 atom stereocenters. The Morgan fingerprint density at radius 2 is 1.58 bits per heavy atom. The molecular formula is C16H17F2N. The summed E-state index contributed by atoms with van der Waals surface area (Å²) >= 11 is 0. The van der Waals surface area contributed by atoms with E-state index in [0.717, 1.165) is 30.2 Å². The fourth-order valence-corrected chi connectivity index (χ4v) is 1.93. The molecule has 19 heavy (non-hydrogen) atoms. The van der Waals surface area contributed by atoms with E-state index in [0.29, 0.717) is 6.54 Å². The van der Waals surface area contributed by atoms with E-state index in [1.165, 1.54) is 11.6 Å². The van der Waals surface area contributed by atoms with Gasteiger partial charge in [0.05, 0.1) is 0 Å². The van der Waals surface area contributed by atoms with Gasteiger partial charge >= 0.3 is 0 Å². The molecule has 1 nitrogen and oxygen atoms in total. The van der Waals surface area contributed by atoms with Crippen LogP contribution in [0, 0.1) is 11.6 Å². The lowest BCUT2D eigenvalue weighted by Gasteiger charge is -2.08. The molecule has 0 amide bonds. The predicted molar refractivity (Wildman–Crippen MR) is 74.1 cm³/mol. The van der Waals surface area contributed by atoms with Gasteiger partial charge in [0, 0.05) is 12.2 Å². The number of hydrogen-bond donors (Lipinski definition) is 1. The molecule has 0 aliphatic heterocycles. The molecule has 100 valence electrons. The number of hydrogen-bond acceptors (Lipinski definition) is 1. The van der Waals surface area contributed by atoms with Gasteiger partial charge in [0.25, 0.3) is 0 Å². The van der Waals surface area contributed by atoms with Gasteiger partial charge in [-0.15, -0.1) is 0 Å². The Hall–Kier alpha value is -1.90. The number of benzene rings is 2. The third-order valence-corrected chi connectivity index (χ3v) is 2.97. The second-order valence-electron chi connectivity index (χ2n) is 4.55. The average Bonchev–Trinajstić information content (AvgIpc) is 2.42. The molecule has 0 heterocycles. The molecule has 2 aromatic rings. The Labute approximate surface area is 112 Å². The monoisotopic (exact) mass is 261 g/mol. The molecule has 0 bridgehead atoms. The molecule has 2 rings (SSSR count). The molecule has 2 aromatic carbocycles. The molecule has 0 aliphatic rings. The quantitative estimate of drug-likeness (QED) is 0.833. The maximum absolute atomic E-state index is 13.0. The topological polar surface area (TPSA) is 12.0 Å². The minimum atomic E-state index is -0.812. The maximum atomic E-state index is 13.0. The predicted octanol–water partition coefficient (Wildman–Crippen LogP) is 4.53. The number of aryl methyl sites for hydroxylation is 1. The van der Waals surface area contributed by atoms with E-state index < -0.39 is 11.6 Å². The Balaban J connectivity index is 1.96. The van der Waals surface area contributed by atoms with E-state index in [4.69, 9.17) is 0 Å². The molecule has 0 aromatic heterocycles. The maximum Gasteiger partial charge on any atom is 0.159 e. The van der Waals surface area contributed by atoms with E-state index in [9.17, 15) is 8.78 Å². The van der Waals surface area contributed by atoms with Crippen molar-refractivity contribution in [2.75, 3.05) is 5.32 Å². The minimum Gasteiger partial charge on any atom is -0.381 e. The van der Waals surface area contributed by atoms with E-state index in [-0.39, 0.29) is 0 Å². The van der Waals surface area contributed by atoms with E-state index in [1.54, 1.807) is 6.07 Å². The summed E-state index contributed by atoms with van der Waals surface area (Å²) in [6.45, 7) is 2.62. The van der Waals surface area contributed by atoms with Gasteiger partial charge in [-0.1, -0.05) is 31.5 Å². The lowest BCUT2D eigenvalue weighted by Crippen LogP contribution is -2.00. The first-order chi connectivity index (χ1) is 9.19.